The zero-order valence-electron chi connectivity index (χ0n) is 20.0. The molecule has 0 saturated heterocycles. The van der Waals surface area contributed by atoms with Crippen LogP contribution in [0.25, 0.3) is 0 Å². The van der Waals surface area contributed by atoms with Crippen LogP contribution in [0.2, 0.25) is 0 Å². The molecule has 0 bridgehead atoms. The number of nitrogens with one attached hydrogen (secondary N) is 1. The molecular formula is C25H36N2O3S. The van der Waals surface area contributed by atoms with Gasteiger partial charge in [0.1, 0.15) is 6.54 Å². The Morgan fingerprint density at radius 1 is 0.935 bits per heavy atom. The third-order valence-electron chi connectivity index (χ3n) is 5.19. The zero-order valence-corrected chi connectivity index (χ0v) is 20.9. The summed E-state index contributed by atoms with van der Waals surface area (Å²) in [5.41, 5.74) is 2.85. The normalized spacial score (nSPS) is 12.5. The van der Waals surface area contributed by atoms with Gasteiger partial charge in [-0.25, -0.2) is 8.42 Å². The number of carbonyl (C=O) groups is 1. The lowest BCUT2D eigenvalue weighted by Crippen LogP contribution is -2.50. The number of nitrogens with zero attached hydrogens (tertiary/aromatic N) is 1. The van der Waals surface area contributed by atoms with Gasteiger partial charge in [0.2, 0.25) is 5.91 Å². The molecule has 5 nitrogen and oxygen atoms in total. The van der Waals surface area contributed by atoms with Crippen molar-refractivity contribution in [1.82, 2.24) is 5.32 Å². The van der Waals surface area contributed by atoms with Crippen LogP contribution < -0.4 is 9.62 Å². The number of benzene rings is 2. The monoisotopic (exact) mass is 444 g/mol. The molecule has 31 heavy (non-hydrogen) atoms. The summed E-state index contributed by atoms with van der Waals surface area (Å²) in [4.78, 5) is 13.2. The van der Waals surface area contributed by atoms with E-state index in [1.165, 1.54) is 4.31 Å². The van der Waals surface area contributed by atoms with E-state index in [1.807, 2.05) is 46.8 Å². The molecule has 0 unspecified atom stereocenters. The number of carbonyl (C=O) groups excluding carboxylic acids is 1. The second kappa shape index (κ2) is 9.03. The van der Waals surface area contributed by atoms with E-state index in [0.717, 1.165) is 23.1 Å². The molecule has 0 heterocycles. The van der Waals surface area contributed by atoms with E-state index in [4.69, 9.17) is 0 Å². The minimum absolute atomic E-state index is 0.0254. The molecule has 0 atom stereocenters. The minimum atomic E-state index is -3.92. The first-order valence-electron chi connectivity index (χ1n) is 10.6. The lowest BCUT2D eigenvalue weighted by Gasteiger charge is -2.34. The Hall–Kier alpha value is -2.34. The topological polar surface area (TPSA) is 66.5 Å². The highest BCUT2D eigenvalue weighted by Crippen LogP contribution is 2.30. The number of amides is 1. The Labute approximate surface area is 187 Å². The highest BCUT2D eigenvalue weighted by Gasteiger charge is 2.32. The summed E-state index contributed by atoms with van der Waals surface area (Å²) in [5.74, 6) is -0.328. The number of hydrogen-bond donors (Lipinski definition) is 1. The third-order valence-corrected chi connectivity index (χ3v) is 6.96. The van der Waals surface area contributed by atoms with E-state index < -0.39 is 15.6 Å². The van der Waals surface area contributed by atoms with Crippen molar-refractivity contribution in [3.63, 3.8) is 0 Å². The van der Waals surface area contributed by atoms with Gasteiger partial charge in [-0.2, -0.15) is 0 Å². The van der Waals surface area contributed by atoms with Crippen LogP contribution in [0.15, 0.2) is 47.4 Å². The highest BCUT2D eigenvalue weighted by molar-refractivity contribution is 7.92. The first-order valence-corrected chi connectivity index (χ1v) is 12.0. The van der Waals surface area contributed by atoms with Crippen LogP contribution in [0.3, 0.4) is 0 Å². The van der Waals surface area contributed by atoms with Gasteiger partial charge in [-0.15, -0.1) is 0 Å². The van der Waals surface area contributed by atoms with E-state index in [-0.39, 0.29) is 22.8 Å². The maximum absolute atomic E-state index is 13.6. The summed E-state index contributed by atoms with van der Waals surface area (Å²) >= 11 is 0. The van der Waals surface area contributed by atoms with Gasteiger partial charge < -0.3 is 5.32 Å². The van der Waals surface area contributed by atoms with Crippen molar-refractivity contribution >= 4 is 21.6 Å². The summed E-state index contributed by atoms with van der Waals surface area (Å²) in [7, 11) is -3.92. The average Bonchev–Trinajstić information content (AvgIpc) is 2.60. The molecule has 0 aliphatic rings. The van der Waals surface area contributed by atoms with Crippen LogP contribution in [0.4, 0.5) is 5.69 Å². The number of aryl methyl sites for hydroxylation is 2. The van der Waals surface area contributed by atoms with Crippen LogP contribution in [-0.4, -0.2) is 26.4 Å². The van der Waals surface area contributed by atoms with Gasteiger partial charge in [0, 0.05) is 5.54 Å². The predicted octanol–water partition coefficient (Wildman–Crippen LogP) is 5.14. The van der Waals surface area contributed by atoms with Gasteiger partial charge in [-0.3, -0.25) is 9.10 Å². The molecule has 2 aromatic carbocycles. The van der Waals surface area contributed by atoms with Crippen LogP contribution in [0.5, 0.6) is 0 Å². The Balaban J connectivity index is 2.45. The smallest absolute Gasteiger partial charge is 0.264 e. The van der Waals surface area contributed by atoms with Gasteiger partial charge in [0.25, 0.3) is 10.0 Å². The van der Waals surface area contributed by atoms with E-state index >= 15 is 0 Å². The van der Waals surface area contributed by atoms with Crippen LogP contribution >= 0.6 is 0 Å². The van der Waals surface area contributed by atoms with Crippen molar-refractivity contribution in [3.05, 3.63) is 59.2 Å². The molecule has 0 spiro atoms. The van der Waals surface area contributed by atoms with E-state index in [0.29, 0.717) is 5.69 Å². The maximum atomic E-state index is 13.6. The zero-order chi connectivity index (χ0) is 23.6. The molecule has 2 rings (SSSR count). The Kier molecular flexibility index (Phi) is 7.26. The molecular weight excluding hydrogens is 408 g/mol. The van der Waals surface area contributed by atoms with E-state index in [1.54, 1.807) is 30.3 Å². The van der Waals surface area contributed by atoms with Gasteiger partial charge in [-0.05, 0) is 75.8 Å². The molecule has 0 fully saturated rings. The van der Waals surface area contributed by atoms with Gasteiger partial charge in [0.15, 0.2) is 0 Å². The fourth-order valence-electron chi connectivity index (χ4n) is 4.06. The molecule has 0 aliphatic heterocycles. The quantitative estimate of drug-likeness (QED) is 0.643. The number of anilines is 1. The molecule has 6 heteroatoms. The van der Waals surface area contributed by atoms with Crippen LogP contribution in [0.1, 0.15) is 57.7 Å². The maximum Gasteiger partial charge on any atom is 0.264 e. The van der Waals surface area contributed by atoms with Crippen molar-refractivity contribution in [3.8, 4) is 0 Å². The summed E-state index contributed by atoms with van der Waals surface area (Å²) in [6, 6.07) is 12.2. The Bertz CT molecular complexity index is 1030. The highest BCUT2D eigenvalue weighted by atomic mass is 32.2. The molecule has 0 radical (unpaired) electrons. The van der Waals surface area contributed by atoms with Crippen molar-refractivity contribution in [2.24, 2.45) is 5.41 Å². The van der Waals surface area contributed by atoms with Crippen molar-refractivity contribution in [1.29, 1.82) is 0 Å². The van der Waals surface area contributed by atoms with Crippen molar-refractivity contribution in [2.45, 2.75) is 72.2 Å². The summed E-state index contributed by atoms with van der Waals surface area (Å²) in [6.07, 6.45) is 0.764. The predicted molar refractivity (Wildman–Crippen MR) is 128 cm³/mol. The van der Waals surface area contributed by atoms with E-state index in [9.17, 15) is 13.2 Å². The van der Waals surface area contributed by atoms with Crippen molar-refractivity contribution in [2.75, 3.05) is 10.8 Å². The molecule has 0 saturated carbocycles. The second-order valence-corrected chi connectivity index (χ2v) is 12.1. The Morgan fingerprint density at radius 2 is 1.52 bits per heavy atom. The van der Waals surface area contributed by atoms with Gasteiger partial charge >= 0.3 is 0 Å². The summed E-state index contributed by atoms with van der Waals surface area (Å²) in [6.45, 7) is 15.7. The average molecular weight is 445 g/mol. The molecule has 1 amide bonds. The molecule has 170 valence electrons. The standard InChI is InChI=1S/C25H36N2O3S/c1-18-12-14-21(15-13-18)31(29,30)27(22-11-9-10-19(2)20(22)3)16-23(28)26-25(7,8)17-24(4,5)6/h9-15H,16-17H2,1-8H3,(H,26,28). The van der Waals surface area contributed by atoms with E-state index in [2.05, 4.69) is 26.1 Å². The lowest BCUT2D eigenvalue weighted by molar-refractivity contribution is -0.121. The van der Waals surface area contributed by atoms with Crippen molar-refractivity contribution < 1.29 is 13.2 Å². The minimum Gasteiger partial charge on any atom is -0.350 e. The third kappa shape index (κ3) is 6.57. The molecule has 1 N–H and O–H groups in total. The first kappa shape index (κ1) is 24.9. The second-order valence-electron chi connectivity index (χ2n) is 10.2. The first-order chi connectivity index (χ1) is 14.1. The van der Waals surface area contributed by atoms with Crippen LogP contribution in [0, 0.1) is 26.2 Å². The summed E-state index contributed by atoms with van der Waals surface area (Å²) in [5, 5.41) is 3.03. The number of sulfonamides is 1. The lowest BCUT2D eigenvalue weighted by atomic mass is 9.82. The SMILES string of the molecule is Cc1ccc(S(=O)(=O)N(CC(=O)NC(C)(C)CC(C)(C)C)c2cccc(C)c2C)cc1. The Morgan fingerprint density at radius 3 is 2.06 bits per heavy atom. The molecule has 0 aliphatic carbocycles. The molecule has 2 aromatic rings. The fourth-order valence-corrected chi connectivity index (χ4v) is 5.54. The fraction of sp³-hybridized carbons (Fsp3) is 0.480. The number of hydrogen-bond acceptors (Lipinski definition) is 3. The summed E-state index contributed by atoms with van der Waals surface area (Å²) < 4.78 is 28.4. The van der Waals surface area contributed by atoms with Crippen LogP contribution in [-0.2, 0) is 14.8 Å². The van der Waals surface area contributed by atoms with Gasteiger partial charge in [-0.1, -0.05) is 50.6 Å². The van der Waals surface area contributed by atoms with Gasteiger partial charge in [0.05, 0.1) is 10.6 Å². The largest absolute Gasteiger partial charge is 0.350 e. The number of rotatable bonds is 7. The molecule has 0 aromatic heterocycles.